The van der Waals surface area contributed by atoms with E-state index in [4.69, 9.17) is 0 Å². The standard InChI is InChI=1S/C12H19N5/c1-2-3-13-10-12-15-5-7-17(12)9-8-16-6-4-14-11-16/h4-7,11,13H,2-3,8-10H2,1H3. The second-order valence-corrected chi connectivity index (χ2v) is 4.01. The van der Waals surface area contributed by atoms with Gasteiger partial charge in [-0.05, 0) is 13.0 Å². The monoisotopic (exact) mass is 233 g/mol. The SMILES string of the molecule is CCCNCc1nccn1CCn1ccnc1. The van der Waals surface area contributed by atoms with Gasteiger partial charge in [-0.3, -0.25) is 0 Å². The minimum Gasteiger partial charge on any atom is -0.336 e. The van der Waals surface area contributed by atoms with Gasteiger partial charge in [-0.25, -0.2) is 9.97 Å². The number of imidazole rings is 2. The van der Waals surface area contributed by atoms with Crippen molar-refractivity contribution in [2.24, 2.45) is 0 Å². The Kier molecular flexibility index (Phi) is 4.32. The van der Waals surface area contributed by atoms with Gasteiger partial charge < -0.3 is 14.5 Å². The Labute approximate surface area is 102 Å². The van der Waals surface area contributed by atoms with Crippen LogP contribution in [-0.4, -0.2) is 25.6 Å². The summed E-state index contributed by atoms with van der Waals surface area (Å²) >= 11 is 0. The molecule has 0 fully saturated rings. The van der Waals surface area contributed by atoms with Crippen LogP contribution in [0.1, 0.15) is 19.2 Å². The first-order valence-electron chi connectivity index (χ1n) is 6.06. The van der Waals surface area contributed by atoms with Crippen molar-refractivity contribution in [2.45, 2.75) is 33.0 Å². The van der Waals surface area contributed by atoms with Crippen LogP contribution in [0.5, 0.6) is 0 Å². The molecule has 2 heterocycles. The summed E-state index contributed by atoms with van der Waals surface area (Å²) in [6.45, 7) is 5.90. The van der Waals surface area contributed by atoms with Gasteiger partial charge in [0.05, 0.1) is 12.9 Å². The molecule has 0 radical (unpaired) electrons. The van der Waals surface area contributed by atoms with Crippen LogP contribution < -0.4 is 5.32 Å². The molecule has 0 aliphatic carbocycles. The van der Waals surface area contributed by atoms with E-state index >= 15 is 0 Å². The topological polar surface area (TPSA) is 47.7 Å². The van der Waals surface area contributed by atoms with Crippen LogP contribution in [0, 0.1) is 0 Å². The third kappa shape index (κ3) is 3.42. The van der Waals surface area contributed by atoms with E-state index in [-0.39, 0.29) is 0 Å². The second kappa shape index (κ2) is 6.20. The van der Waals surface area contributed by atoms with E-state index in [2.05, 4.69) is 31.3 Å². The van der Waals surface area contributed by atoms with E-state index in [1.165, 1.54) is 0 Å². The lowest BCUT2D eigenvalue weighted by Crippen LogP contribution is -2.18. The van der Waals surface area contributed by atoms with E-state index in [9.17, 15) is 0 Å². The lowest BCUT2D eigenvalue weighted by molar-refractivity contribution is 0.539. The zero-order valence-electron chi connectivity index (χ0n) is 10.2. The Morgan fingerprint density at radius 3 is 2.94 bits per heavy atom. The summed E-state index contributed by atoms with van der Waals surface area (Å²) < 4.78 is 4.26. The predicted octanol–water partition coefficient (Wildman–Crippen LogP) is 1.28. The minimum atomic E-state index is 0.838. The van der Waals surface area contributed by atoms with Gasteiger partial charge in [0.1, 0.15) is 5.82 Å². The van der Waals surface area contributed by atoms with E-state index in [1.807, 2.05) is 24.9 Å². The smallest absolute Gasteiger partial charge is 0.122 e. The fourth-order valence-corrected chi connectivity index (χ4v) is 1.73. The van der Waals surface area contributed by atoms with Crippen molar-refractivity contribution in [1.29, 1.82) is 0 Å². The van der Waals surface area contributed by atoms with E-state index < -0.39 is 0 Å². The second-order valence-electron chi connectivity index (χ2n) is 4.01. The van der Waals surface area contributed by atoms with Gasteiger partial charge in [0, 0.05) is 37.9 Å². The van der Waals surface area contributed by atoms with Crippen molar-refractivity contribution in [2.75, 3.05) is 6.54 Å². The summed E-state index contributed by atoms with van der Waals surface area (Å²) in [7, 11) is 0. The molecule has 17 heavy (non-hydrogen) atoms. The molecule has 5 heteroatoms. The lowest BCUT2D eigenvalue weighted by Gasteiger charge is -2.08. The largest absolute Gasteiger partial charge is 0.336 e. The molecule has 0 bridgehead atoms. The Balaban J connectivity index is 1.85. The number of nitrogens with zero attached hydrogens (tertiary/aromatic N) is 4. The van der Waals surface area contributed by atoms with E-state index in [0.717, 1.165) is 38.4 Å². The minimum absolute atomic E-state index is 0.838. The van der Waals surface area contributed by atoms with Crippen molar-refractivity contribution in [3.63, 3.8) is 0 Å². The molecule has 0 aliphatic rings. The number of hydrogen-bond donors (Lipinski definition) is 1. The summed E-state index contributed by atoms with van der Waals surface area (Å²) in [5.74, 6) is 1.10. The van der Waals surface area contributed by atoms with Crippen LogP contribution in [0.3, 0.4) is 0 Å². The summed E-state index contributed by atoms with van der Waals surface area (Å²) in [4.78, 5) is 8.39. The number of nitrogens with one attached hydrogen (secondary N) is 1. The number of aryl methyl sites for hydroxylation is 2. The molecule has 0 unspecified atom stereocenters. The van der Waals surface area contributed by atoms with Gasteiger partial charge >= 0.3 is 0 Å². The lowest BCUT2D eigenvalue weighted by atomic mass is 10.4. The molecule has 0 aliphatic heterocycles. The predicted molar refractivity (Wildman–Crippen MR) is 66.5 cm³/mol. The Morgan fingerprint density at radius 2 is 2.18 bits per heavy atom. The molecule has 0 spiro atoms. The number of rotatable bonds is 7. The first kappa shape index (κ1) is 11.9. The normalized spacial score (nSPS) is 10.9. The molecule has 0 aromatic carbocycles. The fraction of sp³-hybridized carbons (Fsp3) is 0.500. The highest BCUT2D eigenvalue weighted by Crippen LogP contribution is 1.99. The van der Waals surface area contributed by atoms with Gasteiger partial charge in [0.15, 0.2) is 0 Å². The molecule has 2 rings (SSSR count). The average molecular weight is 233 g/mol. The van der Waals surface area contributed by atoms with E-state index in [0.29, 0.717) is 0 Å². The Bertz CT molecular complexity index is 418. The third-order valence-corrected chi connectivity index (χ3v) is 2.67. The quantitative estimate of drug-likeness (QED) is 0.733. The first-order valence-corrected chi connectivity index (χ1v) is 6.06. The molecule has 2 aromatic heterocycles. The highest BCUT2D eigenvalue weighted by atomic mass is 15.1. The summed E-state index contributed by atoms with van der Waals surface area (Å²) in [6.07, 6.45) is 10.7. The van der Waals surface area contributed by atoms with Crippen molar-refractivity contribution < 1.29 is 0 Å². The third-order valence-electron chi connectivity index (χ3n) is 2.67. The zero-order valence-corrected chi connectivity index (χ0v) is 10.2. The molecule has 0 atom stereocenters. The maximum Gasteiger partial charge on any atom is 0.122 e. The van der Waals surface area contributed by atoms with Gasteiger partial charge in [-0.1, -0.05) is 6.92 Å². The molecule has 2 aromatic rings. The number of aromatic nitrogens is 4. The number of hydrogen-bond acceptors (Lipinski definition) is 3. The van der Waals surface area contributed by atoms with Crippen LogP contribution in [0.15, 0.2) is 31.1 Å². The summed E-state index contributed by atoms with van der Waals surface area (Å²) in [5, 5.41) is 3.37. The van der Waals surface area contributed by atoms with Crippen LogP contribution in [0.25, 0.3) is 0 Å². The van der Waals surface area contributed by atoms with Crippen molar-refractivity contribution in [3.8, 4) is 0 Å². The molecular formula is C12H19N5. The molecule has 0 saturated heterocycles. The van der Waals surface area contributed by atoms with Gasteiger partial charge in [0.25, 0.3) is 0 Å². The van der Waals surface area contributed by atoms with Crippen LogP contribution >= 0.6 is 0 Å². The van der Waals surface area contributed by atoms with Crippen molar-refractivity contribution in [3.05, 3.63) is 36.9 Å². The Morgan fingerprint density at radius 1 is 1.24 bits per heavy atom. The molecular weight excluding hydrogens is 214 g/mol. The maximum absolute atomic E-state index is 4.36. The maximum atomic E-state index is 4.36. The fourth-order valence-electron chi connectivity index (χ4n) is 1.73. The van der Waals surface area contributed by atoms with Crippen LogP contribution in [-0.2, 0) is 19.6 Å². The molecule has 0 amide bonds. The van der Waals surface area contributed by atoms with Crippen molar-refractivity contribution in [1.82, 2.24) is 24.4 Å². The summed E-state index contributed by atoms with van der Waals surface area (Å²) in [5.41, 5.74) is 0. The molecule has 0 saturated carbocycles. The highest BCUT2D eigenvalue weighted by Gasteiger charge is 2.01. The van der Waals surface area contributed by atoms with Gasteiger partial charge in [-0.15, -0.1) is 0 Å². The van der Waals surface area contributed by atoms with Crippen LogP contribution in [0.2, 0.25) is 0 Å². The van der Waals surface area contributed by atoms with Crippen molar-refractivity contribution >= 4 is 0 Å². The van der Waals surface area contributed by atoms with Gasteiger partial charge in [0.2, 0.25) is 0 Å². The average Bonchev–Trinajstić information content (AvgIpc) is 2.97. The zero-order chi connectivity index (χ0) is 11.9. The summed E-state index contributed by atoms with van der Waals surface area (Å²) in [6, 6.07) is 0. The molecule has 92 valence electrons. The first-order chi connectivity index (χ1) is 8.40. The highest BCUT2D eigenvalue weighted by molar-refractivity contribution is 4.92. The molecule has 1 N–H and O–H groups in total. The van der Waals surface area contributed by atoms with Gasteiger partial charge in [-0.2, -0.15) is 0 Å². The Hall–Kier alpha value is -1.62. The van der Waals surface area contributed by atoms with Crippen LogP contribution in [0.4, 0.5) is 0 Å². The van der Waals surface area contributed by atoms with E-state index in [1.54, 1.807) is 6.20 Å². The molecule has 5 nitrogen and oxygen atoms in total.